The molecule has 258 valence electrons. The lowest BCUT2D eigenvalue weighted by molar-refractivity contribution is -0.160. The third kappa shape index (κ3) is 7.08. The first-order chi connectivity index (χ1) is 23.2. The zero-order valence-corrected chi connectivity index (χ0v) is 32.0. The Bertz CT molecular complexity index is 1460. The van der Waals surface area contributed by atoms with Crippen LogP contribution in [0.4, 0.5) is 0 Å². The van der Waals surface area contributed by atoms with Crippen molar-refractivity contribution in [3.05, 3.63) is 121 Å². The van der Waals surface area contributed by atoms with E-state index in [1.165, 1.54) is 0 Å². The molecule has 1 saturated heterocycles. The number of rotatable bonds is 12. The van der Waals surface area contributed by atoms with Gasteiger partial charge in [-0.1, -0.05) is 163 Å². The van der Waals surface area contributed by atoms with Gasteiger partial charge in [0.1, 0.15) is 37.0 Å². The van der Waals surface area contributed by atoms with Gasteiger partial charge in [0.15, 0.2) is 5.79 Å². The van der Waals surface area contributed by atoms with Crippen LogP contribution in [0.1, 0.15) is 55.4 Å². The summed E-state index contributed by atoms with van der Waals surface area (Å²) < 4.78 is 27.7. The van der Waals surface area contributed by atoms with Crippen molar-refractivity contribution in [2.45, 2.75) is 95.7 Å². The van der Waals surface area contributed by atoms with E-state index in [-0.39, 0.29) is 0 Å². The number of ether oxygens (including phenoxy) is 2. The Morgan fingerprint density at radius 3 is 0.980 bits per heavy atom. The zero-order chi connectivity index (χ0) is 35.5. The molecular weight excluding hydrogens is 645 g/mol. The quantitative estimate of drug-likeness (QED) is 0.138. The van der Waals surface area contributed by atoms with Gasteiger partial charge >= 0.3 is 0 Å². The van der Waals surface area contributed by atoms with Gasteiger partial charge in [0, 0.05) is 0 Å². The number of hydrogen-bond donors (Lipinski definition) is 0. The summed E-state index contributed by atoms with van der Waals surface area (Å²) in [6, 6.07) is 40.6. The topological polar surface area (TPSA) is 71.1 Å². The summed E-state index contributed by atoms with van der Waals surface area (Å²) in [6.07, 6.45) is -2.37. The first kappa shape index (κ1) is 36.8. The summed E-state index contributed by atoms with van der Waals surface area (Å²) in [5.74, 6) is -1.11. The second-order valence-electron chi connectivity index (χ2n) is 15.3. The van der Waals surface area contributed by atoms with E-state index < -0.39 is 56.9 Å². The van der Waals surface area contributed by atoms with Gasteiger partial charge < -0.3 is 27.9 Å². The van der Waals surface area contributed by atoms with E-state index in [1.807, 2.05) is 72.8 Å². The van der Waals surface area contributed by atoms with Gasteiger partial charge in [0.2, 0.25) is 0 Å². The molecule has 8 heteroatoms. The van der Waals surface area contributed by atoms with Crippen molar-refractivity contribution < 1.29 is 27.9 Å². The van der Waals surface area contributed by atoms with Crippen LogP contribution in [0.15, 0.2) is 121 Å². The van der Waals surface area contributed by atoms with Crippen molar-refractivity contribution in [1.82, 2.24) is 0 Å². The largest absolute Gasteiger partial charge is 0.395 e. The average molecular weight is 695 g/mol. The predicted octanol–water partition coefficient (Wildman–Crippen LogP) is 5.79. The molecule has 5 rings (SSSR count). The molecule has 0 bridgehead atoms. The minimum atomic E-state index is -3.19. The average Bonchev–Trinajstić information content (AvgIpc) is 3.41. The first-order valence-electron chi connectivity index (χ1n) is 17.0. The lowest BCUT2D eigenvalue weighted by atomic mass is 10.1. The van der Waals surface area contributed by atoms with Crippen molar-refractivity contribution >= 4 is 50.0 Å². The van der Waals surface area contributed by atoms with Gasteiger partial charge in [-0.15, -0.1) is 0 Å². The van der Waals surface area contributed by atoms with Crippen LogP contribution in [0.25, 0.3) is 0 Å². The third-order valence-electron chi connectivity index (χ3n) is 9.54. The normalized spacial score (nSPS) is 19.6. The number of carbonyl (C=O) groups excluding carboxylic acids is 2. The maximum absolute atomic E-state index is 13.4. The van der Waals surface area contributed by atoms with Crippen molar-refractivity contribution in [3.63, 3.8) is 0 Å². The molecule has 0 aliphatic carbocycles. The van der Waals surface area contributed by atoms with Crippen molar-refractivity contribution in [2.75, 3.05) is 0 Å². The molecule has 6 nitrogen and oxygen atoms in total. The molecule has 1 heterocycles. The molecule has 1 fully saturated rings. The highest BCUT2D eigenvalue weighted by Crippen LogP contribution is 2.42. The van der Waals surface area contributed by atoms with E-state index in [1.54, 1.807) is 13.8 Å². The van der Waals surface area contributed by atoms with E-state index in [9.17, 15) is 9.59 Å². The maximum atomic E-state index is 13.4. The van der Waals surface area contributed by atoms with Crippen molar-refractivity contribution in [1.29, 1.82) is 0 Å². The number of aldehydes is 2. The third-order valence-corrected chi connectivity index (χ3v) is 19.6. The molecular formula is C41H50O6Si2. The fourth-order valence-electron chi connectivity index (χ4n) is 7.46. The molecule has 1 aliphatic heterocycles. The van der Waals surface area contributed by atoms with E-state index in [0.29, 0.717) is 0 Å². The molecule has 4 aromatic rings. The molecule has 49 heavy (non-hydrogen) atoms. The standard InChI is InChI=1S/C41H50O6Si2/c1-39(2,3)48(31-21-13-9-14-22-31,32-23-15-10-16-24-32)46-35(29-42)37-38(45-41(7,8)44-37)36(30-43)47-49(40(4,5)6,33-25-17-11-18-26-33)34-27-19-12-20-28-34/h9-30,35-38H,1-8H3/t35-,36+,37-,38-/m1/s1. The minimum Gasteiger partial charge on any atom is -0.395 e. The van der Waals surface area contributed by atoms with E-state index in [0.717, 1.165) is 33.3 Å². The minimum absolute atomic E-state index is 0.392. The molecule has 0 amide bonds. The van der Waals surface area contributed by atoms with Gasteiger partial charge in [-0.25, -0.2) is 0 Å². The zero-order valence-electron chi connectivity index (χ0n) is 30.0. The maximum Gasteiger partial charge on any atom is 0.262 e. The van der Waals surface area contributed by atoms with Gasteiger partial charge in [0.05, 0.1) is 0 Å². The number of carbonyl (C=O) groups is 2. The molecule has 4 aromatic carbocycles. The molecule has 0 radical (unpaired) electrons. The summed E-state index contributed by atoms with van der Waals surface area (Å²) in [6.45, 7) is 16.6. The highest BCUT2D eigenvalue weighted by molar-refractivity contribution is 7.00. The Hall–Kier alpha value is -3.51. The van der Waals surface area contributed by atoms with Crippen LogP contribution in [0.5, 0.6) is 0 Å². The van der Waals surface area contributed by atoms with Crippen LogP contribution >= 0.6 is 0 Å². The Kier molecular flexibility index (Phi) is 10.8. The number of benzene rings is 4. The fraction of sp³-hybridized carbons (Fsp3) is 0.366. The summed E-state index contributed by atoms with van der Waals surface area (Å²) in [7, 11) is -6.38. The summed E-state index contributed by atoms with van der Waals surface area (Å²) in [5, 5.41) is 3.35. The molecule has 0 N–H and O–H groups in total. The number of hydrogen-bond acceptors (Lipinski definition) is 6. The van der Waals surface area contributed by atoms with Gasteiger partial charge in [-0.2, -0.15) is 0 Å². The van der Waals surface area contributed by atoms with Crippen LogP contribution in [-0.4, -0.2) is 59.4 Å². The lowest BCUT2D eigenvalue weighted by Gasteiger charge is -2.46. The summed E-state index contributed by atoms with van der Waals surface area (Å²) >= 11 is 0. The van der Waals surface area contributed by atoms with E-state index >= 15 is 0 Å². The van der Waals surface area contributed by atoms with Gasteiger partial charge in [0.25, 0.3) is 16.6 Å². The van der Waals surface area contributed by atoms with Gasteiger partial charge in [-0.3, -0.25) is 0 Å². The Morgan fingerprint density at radius 2 is 0.776 bits per heavy atom. The summed E-state index contributed by atoms with van der Waals surface area (Å²) in [4.78, 5) is 26.7. The molecule has 1 aliphatic rings. The fourth-order valence-corrected chi connectivity index (χ4v) is 16.7. The van der Waals surface area contributed by atoms with Crippen LogP contribution in [0.2, 0.25) is 10.1 Å². The second kappa shape index (κ2) is 14.4. The first-order valence-corrected chi connectivity index (χ1v) is 20.9. The van der Waals surface area contributed by atoms with Crippen LogP contribution in [0.3, 0.4) is 0 Å². The Labute approximate surface area is 294 Å². The summed E-state index contributed by atoms with van der Waals surface area (Å²) in [5.41, 5.74) is 0. The second-order valence-corrected chi connectivity index (χ2v) is 23.8. The SMILES string of the molecule is CC1(C)O[C@H]([C@H](C=O)O[Si](c2ccccc2)(c2ccccc2)C(C)(C)C)[C@@H]([C@@H](C=O)O[Si](c2ccccc2)(c2ccccc2)C(C)(C)C)O1. The Balaban J connectivity index is 1.64. The smallest absolute Gasteiger partial charge is 0.262 e. The highest BCUT2D eigenvalue weighted by Gasteiger charge is 2.58. The van der Waals surface area contributed by atoms with Crippen LogP contribution in [-0.2, 0) is 27.9 Å². The van der Waals surface area contributed by atoms with Gasteiger partial charge in [-0.05, 0) is 44.7 Å². The lowest BCUT2D eigenvalue weighted by Crippen LogP contribution is -2.70. The molecule has 0 spiro atoms. The van der Waals surface area contributed by atoms with Crippen molar-refractivity contribution in [2.24, 2.45) is 0 Å². The van der Waals surface area contributed by atoms with E-state index in [4.69, 9.17) is 18.3 Å². The highest BCUT2D eigenvalue weighted by atomic mass is 28.4. The van der Waals surface area contributed by atoms with Crippen molar-refractivity contribution in [3.8, 4) is 0 Å². The monoisotopic (exact) mass is 694 g/mol. The van der Waals surface area contributed by atoms with Crippen LogP contribution < -0.4 is 20.7 Å². The van der Waals surface area contributed by atoms with E-state index in [2.05, 4.69) is 90.1 Å². The Morgan fingerprint density at radius 1 is 0.531 bits per heavy atom. The molecule has 0 unspecified atom stereocenters. The molecule has 4 atom stereocenters. The molecule has 0 aromatic heterocycles. The molecule has 0 saturated carbocycles. The van der Waals surface area contributed by atoms with Crippen LogP contribution in [0, 0.1) is 0 Å². The predicted molar refractivity (Wildman–Crippen MR) is 201 cm³/mol.